The van der Waals surface area contributed by atoms with Gasteiger partial charge in [0.15, 0.2) is 5.11 Å². The van der Waals surface area contributed by atoms with Crippen molar-refractivity contribution in [3.8, 4) is 5.75 Å². The zero-order chi connectivity index (χ0) is 16.6. The third kappa shape index (κ3) is 3.39. The molecule has 0 spiro atoms. The lowest BCUT2D eigenvalue weighted by molar-refractivity contribution is -0.0101. The molecule has 1 aromatic rings. The van der Waals surface area contributed by atoms with Crippen LogP contribution < -0.4 is 15.4 Å². The third-order valence-electron chi connectivity index (χ3n) is 6.25. The van der Waals surface area contributed by atoms with Gasteiger partial charge < -0.3 is 15.4 Å². The van der Waals surface area contributed by atoms with Crippen molar-refractivity contribution in [3.63, 3.8) is 0 Å². The van der Waals surface area contributed by atoms with E-state index in [4.69, 9.17) is 17.0 Å². The summed E-state index contributed by atoms with van der Waals surface area (Å²) in [5, 5.41) is 8.00. The Kier molecular flexibility index (Phi) is 4.42. The molecule has 0 heterocycles. The minimum atomic E-state index is 0.300. The first kappa shape index (κ1) is 16.2. The number of ether oxygens (including phenoxy) is 1. The normalized spacial score (nSPS) is 33.3. The molecule has 1 aromatic carbocycles. The van der Waals surface area contributed by atoms with Gasteiger partial charge in [0, 0.05) is 12.1 Å². The first-order valence-corrected chi connectivity index (χ1v) is 9.74. The lowest BCUT2D eigenvalue weighted by atomic mass is 9.53. The van der Waals surface area contributed by atoms with Gasteiger partial charge in [-0.2, -0.15) is 0 Å². The molecule has 2 N–H and O–H groups in total. The van der Waals surface area contributed by atoms with Crippen molar-refractivity contribution in [3.05, 3.63) is 29.8 Å². The average molecular weight is 345 g/mol. The van der Waals surface area contributed by atoms with Crippen LogP contribution in [0, 0.1) is 17.8 Å². The van der Waals surface area contributed by atoms with Gasteiger partial charge in [-0.15, -0.1) is 0 Å². The summed E-state index contributed by atoms with van der Waals surface area (Å²) >= 11 is 5.61. The van der Waals surface area contributed by atoms with Crippen LogP contribution in [-0.4, -0.2) is 24.3 Å². The van der Waals surface area contributed by atoms with E-state index in [9.17, 15) is 0 Å². The average Bonchev–Trinajstić information content (AvgIpc) is 2.53. The van der Waals surface area contributed by atoms with Gasteiger partial charge in [0.25, 0.3) is 0 Å². The second kappa shape index (κ2) is 6.55. The monoisotopic (exact) mass is 344 g/mol. The first-order valence-electron chi connectivity index (χ1n) is 9.33. The maximum atomic E-state index is 5.61. The highest BCUT2D eigenvalue weighted by atomic mass is 32.1. The van der Waals surface area contributed by atoms with Crippen LogP contribution in [0.15, 0.2) is 24.3 Å². The molecular weight excluding hydrogens is 316 g/mol. The zero-order valence-electron chi connectivity index (χ0n) is 14.5. The van der Waals surface area contributed by atoms with E-state index in [-0.39, 0.29) is 0 Å². The van der Waals surface area contributed by atoms with Gasteiger partial charge in [-0.25, -0.2) is 0 Å². The van der Waals surface area contributed by atoms with E-state index in [1.165, 1.54) is 44.1 Å². The fourth-order valence-corrected chi connectivity index (χ4v) is 6.02. The molecule has 0 unspecified atom stereocenters. The molecule has 4 heteroatoms. The molecule has 4 aliphatic carbocycles. The standard InChI is InChI=1S/C20H28N2OS/c1-23-18-4-2-3-14(10-18)5-6-21-19(24)22-20-11-15-7-16(12-20)9-17(8-15)13-20/h2-4,10,15-17H,5-9,11-13H2,1H3,(H2,21,22,24). The Bertz CT molecular complexity index is 580. The van der Waals surface area contributed by atoms with Crippen molar-refractivity contribution >= 4 is 17.3 Å². The molecule has 4 saturated carbocycles. The second-order valence-corrected chi connectivity index (χ2v) is 8.59. The smallest absolute Gasteiger partial charge is 0.166 e. The van der Waals surface area contributed by atoms with E-state index >= 15 is 0 Å². The summed E-state index contributed by atoms with van der Waals surface area (Å²) < 4.78 is 5.28. The quantitative estimate of drug-likeness (QED) is 0.799. The molecule has 5 rings (SSSR count). The lowest BCUT2D eigenvalue weighted by Crippen LogP contribution is -2.61. The van der Waals surface area contributed by atoms with Gasteiger partial charge in [-0.05, 0) is 92.6 Å². The third-order valence-corrected chi connectivity index (χ3v) is 6.50. The highest BCUT2D eigenvalue weighted by Gasteiger charge is 2.51. The summed E-state index contributed by atoms with van der Waals surface area (Å²) in [4.78, 5) is 0. The van der Waals surface area contributed by atoms with Crippen LogP contribution in [0.5, 0.6) is 5.75 Å². The molecule has 0 aromatic heterocycles. The fourth-order valence-electron chi connectivity index (χ4n) is 5.70. The summed E-state index contributed by atoms with van der Waals surface area (Å²) in [6, 6.07) is 8.26. The van der Waals surface area contributed by atoms with Crippen molar-refractivity contribution in [2.75, 3.05) is 13.7 Å². The number of hydrogen-bond donors (Lipinski definition) is 2. The van der Waals surface area contributed by atoms with E-state index in [1.54, 1.807) is 7.11 Å². The van der Waals surface area contributed by atoms with Gasteiger partial charge in [-0.1, -0.05) is 12.1 Å². The molecule has 0 amide bonds. The predicted molar refractivity (Wildman–Crippen MR) is 101 cm³/mol. The summed E-state index contributed by atoms with van der Waals surface area (Å²) in [6.45, 7) is 0.866. The molecule has 0 saturated heterocycles. The van der Waals surface area contributed by atoms with E-state index in [2.05, 4.69) is 22.8 Å². The largest absolute Gasteiger partial charge is 0.497 e. The maximum Gasteiger partial charge on any atom is 0.166 e. The van der Waals surface area contributed by atoms with Crippen LogP contribution in [0.2, 0.25) is 0 Å². The summed E-state index contributed by atoms with van der Waals surface area (Å²) in [5.41, 5.74) is 1.58. The Hall–Kier alpha value is -1.29. The van der Waals surface area contributed by atoms with Crippen LogP contribution >= 0.6 is 12.2 Å². The lowest BCUT2D eigenvalue weighted by Gasteiger charge is -2.57. The number of nitrogens with one attached hydrogen (secondary N) is 2. The van der Waals surface area contributed by atoms with Crippen molar-refractivity contribution in [1.82, 2.24) is 10.6 Å². The molecular formula is C20H28N2OS. The van der Waals surface area contributed by atoms with Gasteiger partial charge in [0.05, 0.1) is 7.11 Å². The van der Waals surface area contributed by atoms with Crippen molar-refractivity contribution in [2.24, 2.45) is 17.8 Å². The predicted octanol–water partition coefficient (Wildman–Crippen LogP) is 3.67. The molecule has 0 atom stereocenters. The molecule has 0 aliphatic heterocycles. The van der Waals surface area contributed by atoms with Gasteiger partial charge >= 0.3 is 0 Å². The first-order chi connectivity index (χ1) is 11.6. The van der Waals surface area contributed by atoms with E-state index in [0.717, 1.165) is 41.6 Å². The maximum absolute atomic E-state index is 5.61. The summed E-state index contributed by atoms with van der Waals surface area (Å²) in [7, 11) is 1.71. The van der Waals surface area contributed by atoms with Crippen molar-refractivity contribution in [2.45, 2.75) is 50.5 Å². The topological polar surface area (TPSA) is 33.3 Å². The molecule has 130 valence electrons. The Morgan fingerprint density at radius 3 is 2.46 bits per heavy atom. The van der Waals surface area contributed by atoms with Gasteiger partial charge in [0.2, 0.25) is 0 Å². The van der Waals surface area contributed by atoms with Crippen LogP contribution in [0.25, 0.3) is 0 Å². The van der Waals surface area contributed by atoms with Crippen LogP contribution in [-0.2, 0) is 6.42 Å². The number of thiocarbonyl (C=S) groups is 1. The molecule has 4 aliphatic rings. The minimum Gasteiger partial charge on any atom is -0.497 e. The summed E-state index contributed by atoms with van der Waals surface area (Å²) in [5.74, 6) is 3.76. The number of hydrogen-bond acceptors (Lipinski definition) is 2. The Morgan fingerprint density at radius 2 is 1.83 bits per heavy atom. The number of benzene rings is 1. The molecule has 4 bridgehead atoms. The second-order valence-electron chi connectivity index (χ2n) is 8.18. The van der Waals surface area contributed by atoms with Gasteiger partial charge in [0.1, 0.15) is 5.75 Å². The fraction of sp³-hybridized carbons (Fsp3) is 0.650. The Morgan fingerprint density at radius 1 is 1.17 bits per heavy atom. The van der Waals surface area contributed by atoms with Crippen molar-refractivity contribution in [1.29, 1.82) is 0 Å². The van der Waals surface area contributed by atoms with E-state index < -0.39 is 0 Å². The molecule has 3 nitrogen and oxygen atoms in total. The number of rotatable bonds is 5. The highest BCUT2D eigenvalue weighted by Crippen LogP contribution is 2.55. The van der Waals surface area contributed by atoms with Crippen molar-refractivity contribution < 1.29 is 4.74 Å². The highest BCUT2D eigenvalue weighted by molar-refractivity contribution is 7.80. The number of methoxy groups -OCH3 is 1. The zero-order valence-corrected chi connectivity index (χ0v) is 15.3. The van der Waals surface area contributed by atoms with E-state index in [0.29, 0.717) is 5.54 Å². The SMILES string of the molecule is COc1cccc(CCNC(=S)NC23CC4CC(CC(C4)C2)C3)c1. The Balaban J connectivity index is 1.28. The van der Waals surface area contributed by atoms with Crippen LogP contribution in [0.1, 0.15) is 44.1 Å². The van der Waals surface area contributed by atoms with Crippen LogP contribution in [0.4, 0.5) is 0 Å². The van der Waals surface area contributed by atoms with E-state index in [1.807, 2.05) is 12.1 Å². The molecule has 4 fully saturated rings. The minimum absolute atomic E-state index is 0.300. The van der Waals surface area contributed by atoms with Gasteiger partial charge in [-0.3, -0.25) is 0 Å². The van der Waals surface area contributed by atoms with Crippen LogP contribution in [0.3, 0.4) is 0 Å². The Labute approximate surface area is 150 Å². The molecule has 24 heavy (non-hydrogen) atoms. The molecule has 0 radical (unpaired) electrons. The summed E-state index contributed by atoms with van der Waals surface area (Å²) in [6.07, 6.45) is 9.36.